The summed E-state index contributed by atoms with van der Waals surface area (Å²) < 4.78 is 10.4. The van der Waals surface area contributed by atoms with Crippen LogP contribution in [-0.4, -0.2) is 25.1 Å². The van der Waals surface area contributed by atoms with E-state index in [0.29, 0.717) is 11.4 Å². The molecule has 0 fully saturated rings. The number of nitrogens with one attached hydrogen (secondary N) is 1. The summed E-state index contributed by atoms with van der Waals surface area (Å²) in [6, 6.07) is 19.2. The summed E-state index contributed by atoms with van der Waals surface area (Å²) in [6.07, 6.45) is 0. The number of anilines is 1. The van der Waals surface area contributed by atoms with Crippen LogP contribution in [0.3, 0.4) is 0 Å². The van der Waals surface area contributed by atoms with Crippen molar-refractivity contribution in [1.82, 2.24) is 0 Å². The van der Waals surface area contributed by atoms with Crippen LogP contribution in [0, 0.1) is 13.8 Å². The van der Waals surface area contributed by atoms with Crippen molar-refractivity contribution in [2.24, 2.45) is 0 Å². The molecule has 0 radical (unpaired) electrons. The highest BCUT2D eigenvalue weighted by atomic mass is 16.6. The monoisotopic (exact) mass is 363 g/mol. The van der Waals surface area contributed by atoms with Crippen molar-refractivity contribution in [2.45, 2.75) is 13.8 Å². The lowest BCUT2D eigenvalue weighted by molar-refractivity contribution is -0.149. The van der Waals surface area contributed by atoms with Gasteiger partial charge in [-0.15, -0.1) is 0 Å². The molecule has 0 aliphatic carbocycles. The molecule has 1 N–H and O–H groups in total. The molecule has 5 nitrogen and oxygen atoms in total. The van der Waals surface area contributed by atoms with Crippen molar-refractivity contribution in [3.8, 4) is 5.75 Å². The topological polar surface area (TPSA) is 64.6 Å². The predicted octanol–water partition coefficient (Wildman–Crippen LogP) is 4.02. The Morgan fingerprint density at radius 3 is 2.30 bits per heavy atom. The number of rotatable bonds is 6. The van der Waals surface area contributed by atoms with Gasteiger partial charge in [0.15, 0.2) is 13.2 Å². The highest BCUT2D eigenvalue weighted by Crippen LogP contribution is 2.19. The number of esters is 1. The van der Waals surface area contributed by atoms with Crippen LogP contribution in [0.2, 0.25) is 0 Å². The molecule has 3 rings (SSSR count). The van der Waals surface area contributed by atoms with Crippen LogP contribution in [0.15, 0.2) is 60.7 Å². The van der Waals surface area contributed by atoms with Crippen molar-refractivity contribution in [3.63, 3.8) is 0 Å². The van der Waals surface area contributed by atoms with Gasteiger partial charge in [0, 0.05) is 5.69 Å². The van der Waals surface area contributed by atoms with Gasteiger partial charge in [-0.25, -0.2) is 4.79 Å². The lowest BCUT2D eigenvalue weighted by Crippen LogP contribution is -2.23. The zero-order valence-corrected chi connectivity index (χ0v) is 15.3. The molecule has 0 aliphatic heterocycles. The zero-order valence-electron chi connectivity index (χ0n) is 15.3. The van der Waals surface area contributed by atoms with Gasteiger partial charge in [0.2, 0.25) is 0 Å². The Bertz CT molecular complexity index is 961. The summed E-state index contributed by atoms with van der Waals surface area (Å²) in [5.41, 5.74) is 2.75. The summed E-state index contributed by atoms with van der Waals surface area (Å²) in [5.74, 6) is -0.391. The number of hydrogen-bond donors (Lipinski definition) is 1. The average Bonchev–Trinajstić information content (AvgIpc) is 2.64. The molecular formula is C22H21NO4. The molecule has 0 spiro atoms. The second kappa shape index (κ2) is 8.36. The summed E-state index contributed by atoms with van der Waals surface area (Å²) in [5, 5.41) is 4.83. The van der Waals surface area contributed by atoms with Crippen molar-refractivity contribution in [1.29, 1.82) is 0 Å². The molecule has 0 unspecified atom stereocenters. The number of amides is 1. The van der Waals surface area contributed by atoms with Gasteiger partial charge in [0.05, 0.1) is 0 Å². The van der Waals surface area contributed by atoms with Gasteiger partial charge in [-0.3, -0.25) is 4.79 Å². The minimum atomic E-state index is -0.595. The van der Waals surface area contributed by atoms with E-state index < -0.39 is 11.9 Å². The molecule has 0 aromatic heterocycles. The summed E-state index contributed by atoms with van der Waals surface area (Å²) in [6.45, 7) is 3.30. The maximum Gasteiger partial charge on any atom is 0.344 e. The second-order valence-electron chi connectivity index (χ2n) is 6.38. The highest BCUT2D eigenvalue weighted by molar-refractivity contribution is 5.95. The lowest BCUT2D eigenvalue weighted by atomic mass is 10.1. The van der Waals surface area contributed by atoms with Crippen LogP contribution >= 0.6 is 0 Å². The molecule has 3 aromatic carbocycles. The quantitative estimate of drug-likeness (QED) is 0.672. The molecule has 0 atom stereocenters. The first-order chi connectivity index (χ1) is 13.0. The lowest BCUT2D eigenvalue weighted by Gasteiger charge is -2.09. The normalized spacial score (nSPS) is 10.4. The molecule has 27 heavy (non-hydrogen) atoms. The third kappa shape index (κ3) is 5.31. The maximum absolute atomic E-state index is 12.0. The number of hydrogen-bond acceptors (Lipinski definition) is 4. The van der Waals surface area contributed by atoms with Crippen molar-refractivity contribution >= 4 is 28.3 Å². The molecule has 0 bridgehead atoms. The number of benzene rings is 3. The van der Waals surface area contributed by atoms with E-state index in [0.717, 1.165) is 21.9 Å². The Morgan fingerprint density at radius 1 is 0.852 bits per heavy atom. The molecule has 3 aromatic rings. The minimum Gasteiger partial charge on any atom is -0.482 e. The fourth-order valence-electron chi connectivity index (χ4n) is 2.81. The predicted molar refractivity (Wildman–Crippen MR) is 105 cm³/mol. The van der Waals surface area contributed by atoms with Crippen LogP contribution in [0.1, 0.15) is 11.1 Å². The van der Waals surface area contributed by atoms with Gasteiger partial charge in [-0.1, -0.05) is 36.4 Å². The first kappa shape index (κ1) is 18.5. The number of fused-ring (bicyclic) bond motifs is 1. The summed E-state index contributed by atoms with van der Waals surface area (Å²) >= 11 is 0. The third-order valence-electron chi connectivity index (χ3n) is 3.95. The minimum absolute atomic E-state index is 0.244. The number of ether oxygens (including phenoxy) is 2. The van der Waals surface area contributed by atoms with Crippen LogP contribution in [0.5, 0.6) is 5.75 Å². The Labute approximate surface area is 157 Å². The van der Waals surface area contributed by atoms with Crippen molar-refractivity contribution < 1.29 is 19.1 Å². The van der Waals surface area contributed by atoms with Gasteiger partial charge < -0.3 is 14.8 Å². The SMILES string of the molecule is Cc1cc(C)cc(OCC(=O)OCC(=O)Nc2ccc3ccccc3c2)c1. The fraction of sp³-hybridized carbons (Fsp3) is 0.182. The Hall–Kier alpha value is -3.34. The largest absolute Gasteiger partial charge is 0.482 e. The van der Waals surface area contributed by atoms with Crippen LogP contribution < -0.4 is 10.1 Å². The van der Waals surface area contributed by atoms with Crippen LogP contribution in [-0.2, 0) is 14.3 Å². The second-order valence-corrected chi connectivity index (χ2v) is 6.38. The van der Waals surface area contributed by atoms with Gasteiger partial charge in [-0.2, -0.15) is 0 Å². The van der Waals surface area contributed by atoms with E-state index >= 15 is 0 Å². The van der Waals surface area contributed by atoms with E-state index in [1.54, 1.807) is 0 Å². The van der Waals surface area contributed by atoms with E-state index in [4.69, 9.17) is 9.47 Å². The summed E-state index contributed by atoms with van der Waals surface area (Å²) in [7, 11) is 0. The first-order valence-electron chi connectivity index (χ1n) is 8.65. The van der Waals surface area contributed by atoms with Crippen molar-refractivity contribution in [3.05, 3.63) is 71.8 Å². The Kier molecular flexibility index (Phi) is 5.71. The molecule has 0 heterocycles. The molecule has 0 saturated heterocycles. The average molecular weight is 363 g/mol. The number of carbonyl (C=O) groups is 2. The zero-order chi connectivity index (χ0) is 19.2. The van der Waals surface area contributed by atoms with Crippen LogP contribution in [0.4, 0.5) is 5.69 Å². The molecule has 0 aliphatic rings. The first-order valence-corrected chi connectivity index (χ1v) is 8.65. The van der Waals surface area contributed by atoms with Crippen molar-refractivity contribution in [2.75, 3.05) is 18.5 Å². The number of carbonyl (C=O) groups excluding carboxylic acids is 2. The van der Waals surface area contributed by atoms with Gasteiger partial charge in [-0.05, 0) is 60.0 Å². The molecular weight excluding hydrogens is 342 g/mol. The third-order valence-corrected chi connectivity index (χ3v) is 3.95. The Morgan fingerprint density at radius 2 is 1.56 bits per heavy atom. The molecule has 1 amide bonds. The van der Waals surface area contributed by atoms with E-state index in [-0.39, 0.29) is 13.2 Å². The smallest absolute Gasteiger partial charge is 0.344 e. The summed E-state index contributed by atoms with van der Waals surface area (Å²) in [4.78, 5) is 23.8. The molecule has 138 valence electrons. The number of aryl methyl sites for hydroxylation is 2. The fourth-order valence-corrected chi connectivity index (χ4v) is 2.81. The van der Waals surface area contributed by atoms with Gasteiger partial charge in [0.1, 0.15) is 5.75 Å². The molecule has 5 heteroatoms. The van der Waals surface area contributed by atoms with Gasteiger partial charge >= 0.3 is 5.97 Å². The van der Waals surface area contributed by atoms with E-state index in [9.17, 15) is 9.59 Å². The van der Waals surface area contributed by atoms with E-state index in [1.807, 2.05) is 74.5 Å². The van der Waals surface area contributed by atoms with E-state index in [2.05, 4.69) is 5.32 Å². The maximum atomic E-state index is 12.0. The standard InChI is InChI=1S/C22H21NO4/c1-15-9-16(2)11-20(10-15)26-14-22(25)27-13-21(24)23-19-8-7-17-5-3-4-6-18(17)12-19/h3-12H,13-14H2,1-2H3,(H,23,24). The van der Waals surface area contributed by atoms with Crippen LogP contribution in [0.25, 0.3) is 10.8 Å². The highest BCUT2D eigenvalue weighted by Gasteiger charge is 2.09. The van der Waals surface area contributed by atoms with Gasteiger partial charge in [0.25, 0.3) is 5.91 Å². The van der Waals surface area contributed by atoms with E-state index in [1.165, 1.54) is 0 Å². The molecule has 0 saturated carbocycles. The Balaban J connectivity index is 1.47.